The zero-order valence-electron chi connectivity index (χ0n) is 5.70. The molecule has 1 unspecified atom stereocenters. The second kappa shape index (κ2) is 4.82. The Balaban J connectivity index is 3.27. The summed E-state index contributed by atoms with van der Waals surface area (Å²) in [6, 6.07) is 0. The van der Waals surface area contributed by atoms with E-state index in [1.807, 2.05) is 0 Å². The molecule has 4 nitrogen and oxygen atoms in total. The van der Waals surface area contributed by atoms with Crippen molar-refractivity contribution >= 4 is 8.03 Å². The molecule has 0 aromatic rings. The van der Waals surface area contributed by atoms with Gasteiger partial charge in [0.2, 0.25) is 0 Å². The first kappa shape index (κ1) is 8.98. The van der Waals surface area contributed by atoms with Crippen LogP contribution >= 0.6 is 8.03 Å². The van der Waals surface area contributed by atoms with E-state index < -0.39 is 8.03 Å². The van der Waals surface area contributed by atoms with Crippen LogP contribution in [0.3, 0.4) is 0 Å². The minimum absolute atomic E-state index is 0.406. The van der Waals surface area contributed by atoms with E-state index in [9.17, 15) is 4.57 Å². The van der Waals surface area contributed by atoms with E-state index in [1.165, 1.54) is 5.06 Å². The zero-order valence-corrected chi connectivity index (χ0v) is 6.60. The van der Waals surface area contributed by atoms with Gasteiger partial charge in [-0.05, 0) is 9.19 Å². The van der Waals surface area contributed by atoms with Gasteiger partial charge in [0.25, 0.3) is 0 Å². The lowest BCUT2D eigenvalue weighted by Gasteiger charge is -1.96. The van der Waals surface area contributed by atoms with Crippen LogP contribution in [0.2, 0.25) is 0 Å². The molecular weight excluding hydrogens is 139 g/mol. The van der Waals surface area contributed by atoms with Crippen molar-refractivity contribution in [3.63, 3.8) is 0 Å². The molecule has 0 radical (unpaired) electrons. The molecule has 0 heterocycles. The normalized spacial score (nSPS) is 12.2. The average Bonchev–Trinajstić information content (AvgIpc) is 1.63. The van der Waals surface area contributed by atoms with Gasteiger partial charge in [-0.2, -0.15) is 0 Å². The van der Waals surface area contributed by atoms with Gasteiger partial charge < -0.3 is 5.73 Å². The van der Waals surface area contributed by atoms with Crippen LogP contribution in [0.4, 0.5) is 0 Å². The fraction of sp³-hybridized carbons (Fsp3) is 1.00. The largest absolute Gasteiger partial charge is 0.528 e. The highest BCUT2D eigenvalue weighted by molar-refractivity contribution is 7.39. The van der Waals surface area contributed by atoms with E-state index in [2.05, 4.69) is 0 Å². The number of hydroxylamine groups is 2. The van der Waals surface area contributed by atoms with Crippen molar-refractivity contribution in [3.05, 3.63) is 0 Å². The fourth-order valence-electron chi connectivity index (χ4n) is 0.328. The van der Waals surface area contributed by atoms with Crippen LogP contribution in [-0.2, 0) is 9.19 Å². The van der Waals surface area contributed by atoms with E-state index in [4.69, 9.17) is 10.4 Å². The van der Waals surface area contributed by atoms with Crippen molar-refractivity contribution in [2.75, 3.05) is 26.8 Å². The lowest BCUT2D eigenvalue weighted by atomic mass is 10.8. The zero-order chi connectivity index (χ0) is 7.28. The van der Waals surface area contributed by atoms with Crippen molar-refractivity contribution in [2.45, 2.75) is 0 Å². The van der Waals surface area contributed by atoms with Gasteiger partial charge in [0.15, 0.2) is 6.16 Å². The predicted molar refractivity (Wildman–Crippen MR) is 36.3 cm³/mol. The Hall–Kier alpha value is -0.0200. The monoisotopic (exact) mass is 151 g/mol. The van der Waals surface area contributed by atoms with Crippen LogP contribution in [0.25, 0.3) is 0 Å². The molecule has 0 aromatic heterocycles. The predicted octanol–water partition coefficient (Wildman–Crippen LogP) is 0.181. The molecule has 5 heteroatoms. The topological polar surface area (TPSA) is 55.6 Å². The first-order valence-corrected chi connectivity index (χ1v) is 4.03. The average molecular weight is 151 g/mol. The molecule has 0 aliphatic rings. The fourth-order valence-corrected chi connectivity index (χ4v) is 0.985. The maximum atomic E-state index is 10.7. The third-order valence-corrected chi connectivity index (χ3v) is 1.70. The lowest BCUT2D eigenvalue weighted by Crippen LogP contribution is -2.10. The molecule has 9 heavy (non-hydrogen) atoms. The first-order valence-electron chi connectivity index (χ1n) is 2.67. The molecule has 54 valence electrons. The summed E-state index contributed by atoms with van der Waals surface area (Å²) in [6.07, 6.45) is 0.424. The summed E-state index contributed by atoms with van der Waals surface area (Å²) in [6.45, 7) is 0.406. The first-order chi connectivity index (χ1) is 4.16. The molecule has 2 N–H and O–H groups in total. The molecule has 0 rings (SSSR count). The van der Waals surface area contributed by atoms with Crippen LogP contribution in [0, 0.1) is 0 Å². The van der Waals surface area contributed by atoms with Gasteiger partial charge in [0.1, 0.15) is 0 Å². The molecule has 0 aromatic carbocycles. The van der Waals surface area contributed by atoms with E-state index in [0.717, 1.165) is 0 Å². The molecule has 0 saturated carbocycles. The number of rotatable bonds is 4. The van der Waals surface area contributed by atoms with Crippen molar-refractivity contribution in [1.29, 1.82) is 0 Å². The number of hydrogen-bond acceptors (Lipinski definition) is 4. The second-order valence-corrected chi connectivity index (χ2v) is 3.02. The Morgan fingerprint density at radius 1 is 1.67 bits per heavy atom. The summed E-state index contributed by atoms with van der Waals surface area (Å²) in [5, 5.41) is 1.41. The van der Waals surface area contributed by atoms with E-state index in [-0.39, 0.29) is 0 Å². The quantitative estimate of drug-likeness (QED) is 0.460. The Bertz CT molecular complexity index is 96.6. The smallest absolute Gasteiger partial charge is 0.327 e. The Morgan fingerprint density at radius 3 is 2.56 bits per heavy atom. The molecular formula is C4H12N2O2P+. The van der Waals surface area contributed by atoms with E-state index in [1.54, 1.807) is 14.1 Å². The number of nitrogens with two attached hydrogens (primary N) is 1. The van der Waals surface area contributed by atoms with Crippen LogP contribution < -0.4 is 5.73 Å². The summed E-state index contributed by atoms with van der Waals surface area (Å²) in [4.78, 5) is 0. The maximum absolute atomic E-state index is 10.7. The van der Waals surface area contributed by atoms with Gasteiger partial charge in [0.05, 0.1) is 0 Å². The highest BCUT2D eigenvalue weighted by atomic mass is 31.1. The van der Waals surface area contributed by atoms with Gasteiger partial charge in [-0.25, -0.2) is 0 Å². The third-order valence-electron chi connectivity index (χ3n) is 0.566. The SMILES string of the molecule is CN(C)O[P+](=O)CCN. The Kier molecular flexibility index (Phi) is 4.81. The summed E-state index contributed by atoms with van der Waals surface area (Å²) in [5.41, 5.74) is 5.12. The molecule has 0 aliphatic carbocycles. The highest BCUT2D eigenvalue weighted by Crippen LogP contribution is 2.20. The van der Waals surface area contributed by atoms with Crippen molar-refractivity contribution in [2.24, 2.45) is 5.73 Å². The highest BCUT2D eigenvalue weighted by Gasteiger charge is 2.16. The minimum Gasteiger partial charge on any atom is -0.327 e. The molecule has 0 bridgehead atoms. The van der Waals surface area contributed by atoms with Crippen LogP contribution in [0.15, 0.2) is 0 Å². The van der Waals surface area contributed by atoms with Gasteiger partial charge in [-0.15, -0.1) is 5.06 Å². The number of nitrogens with zero attached hydrogens (tertiary/aromatic N) is 1. The Morgan fingerprint density at radius 2 is 2.22 bits per heavy atom. The van der Waals surface area contributed by atoms with Gasteiger partial charge in [-0.3, -0.25) is 0 Å². The van der Waals surface area contributed by atoms with Crippen LogP contribution in [0.1, 0.15) is 0 Å². The third kappa shape index (κ3) is 5.86. The van der Waals surface area contributed by atoms with E-state index >= 15 is 0 Å². The van der Waals surface area contributed by atoms with Crippen molar-refractivity contribution in [3.8, 4) is 0 Å². The van der Waals surface area contributed by atoms with Gasteiger partial charge >= 0.3 is 8.03 Å². The van der Waals surface area contributed by atoms with Crippen molar-refractivity contribution in [1.82, 2.24) is 5.06 Å². The lowest BCUT2D eigenvalue weighted by molar-refractivity contribution is 0.00693. The van der Waals surface area contributed by atoms with E-state index in [0.29, 0.717) is 12.7 Å². The van der Waals surface area contributed by atoms with Gasteiger partial charge in [0, 0.05) is 20.6 Å². The molecule has 0 amide bonds. The molecule has 1 atom stereocenters. The second-order valence-electron chi connectivity index (χ2n) is 1.74. The van der Waals surface area contributed by atoms with Gasteiger partial charge in [-0.1, -0.05) is 0 Å². The van der Waals surface area contributed by atoms with Crippen molar-refractivity contribution < 1.29 is 9.19 Å². The standard InChI is InChI=1S/C4H12N2O2P/c1-6(2)8-9(7)4-3-5/h3-5H2,1-2H3/q+1. The molecule has 0 saturated heterocycles. The summed E-state index contributed by atoms with van der Waals surface area (Å²) < 4.78 is 15.4. The molecule has 0 aliphatic heterocycles. The molecule has 0 spiro atoms. The summed E-state index contributed by atoms with van der Waals surface area (Å²) >= 11 is 0. The maximum Gasteiger partial charge on any atom is 0.528 e. The molecule has 0 fully saturated rings. The Labute approximate surface area is 55.8 Å². The number of hydrogen-bond donors (Lipinski definition) is 1. The minimum atomic E-state index is -1.57. The van der Waals surface area contributed by atoms with Crippen LogP contribution in [0.5, 0.6) is 0 Å². The summed E-state index contributed by atoms with van der Waals surface area (Å²) in [7, 11) is 1.80. The van der Waals surface area contributed by atoms with Crippen LogP contribution in [-0.4, -0.2) is 31.9 Å². The summed E-state index contributed by atoms with van der Waals surface area (Å²) in [5.74, 6) is 0.